The number of rotatable bonds is 5. The van der Waals surface area contributed by atoms with Crippen LogP contribution >= 0.6 is 11.3 Å². The molecular formula is C24H21FN4O2S. The Hall–Kier alpha value is -3.52. The molecule has 0 bridgehead atoms. The van der Waals surface area contributed by atoms with Crippen LogP contribution in [0.3, 0.4) is 0 Å². The van der Waals surface area contributed by atoms with Gasteiger partial charge in [-0.1, -0.05) is 18.2 Å². The van der Waals surface area contributed by atoms with Crippen LogP contribution in [0.2, 0.25) is 0 Å². The lowest BCUT2D eigenvalue weighted by molar-refractivity contribution is 0.0779. The zero-order valence-corrected chi connectivity index (χ0v) is 18.3. The fourth-order valence-corrected chi connectivity index (χ4v) is 4.66. The molecule has 1 fully saturated rings. The maximum absolute atomic E-state index is 13.4. The van der Waals surface area contributed by atoms with Gasteiger partial charge in [0.15, 0.2) is 5.82 Å². The molecule has 2 aromatic heterocycles. The number of amides is 1. The van der Waals surface area contributed by atoms with Crippen LogP contribution in [0.1, 0.15) is 28.5 Å². The van der Waals surface area contributed by atoms with Crippen LogP contribution in [-0.4, -0.2) is 45.8 Å². The van der Waals surface area contributed by atoms with Gasteiger partial charge >= 0.3 is 0 Å². The third-order valence-electron chi connectivity index (χ3n) is 5.67. The first-order chi connectivity index (χ1) is 15.6. The van der Waals surface area contributed by atoms with E-state index in [0.717, 1.165) is 17.0 Å². The molecule has 1 atom stereocenters. The average Bonchev–Trinajstić information content (AvgIpc) is 3.59. The van der Waals surface area contributed by atoms with Gasteiger partial charge in [-0.2, -0.15) is 0 Å². The van der Waals surface area contributed by atoms with E-state index in [0.29, 0.717) is 24.6 Å². The lowest BCUT2D eigenvalue weighted by Gasteiger charge is -2.15. The molecule has 32 heavy (non-hydrogen) atoms. The summed E-state index contributed by atoms with van der Waals surface area (Å²) in [4.78, 5) is 20.5. The molecule has 1 unspecified atom stereocenters. The Bertz CT molecular complexity index is 1220. The zero-order valence-electron chi connectivity index (χ0n) is 17.4. The highest BCUT2D eigenvalue weighted by atomic mass is 32.1. The largest absolute Gasteiger partial charge is 0.497 e. The van der Waals surface area contributed by atoms with Crippen LogP contribution in [0, 0.1) is 5.82 Å². The minimum atomic E-state index is -0.329. The summed E-state index contributed by atoms with van der Waals surface area (Å²) in [5.74, 6) is 1.27. The van der Waals surface area contributed by atoms with Gasteiger partial charge in [0.25, 0.3) is 5.91 Å². The normalized spacial score (nSPS) is 15.8. The number of carbonyl (C=O) groups is 1. The molecule has 1 aliphatic heterocycles. The van der Waals surface area contributed by atoms with E-state index >= 15 is 0 Å². The summed E-state index contributed by atoms with van der Waals surface area (Å²) in [5.41, 5.74) is 1.84. The molecular weight excluding hydrogens is 427 g/mol. The maximum atomic E-state index is 13.4. The smallest absolute Gasteiger partial charge is 0.293 e. The lowest BCUT2D eigenvalue weighted by Crippen LogP contribution is -2.29. The fourth-order valence-electron chi connectivity index (χ4n) is 3.96. The first-order valence-electron chi connectivity index (χ1n) is 10.3. The lowest BCUT2D eigenvalue weighted by atomic mass is 9.98. The van der Waals surface area contributed by atoms with Crippen molar-refractivity contribution in [2.75, 3.05) is 20.2 Å². The van der Waals surface area contributed by atoms with Crippen molar-refractivity contribution in [3.05, 3.63) is 83.2 Å². The molecule has 162 valence electrons. The van der Waals surface area contributed by atoms with E-state index < -0.39 is 0 Å². The summed E-state index contributed by atoms with van der Waals surface area (Å²) in [6.45, 7) is 1.26. The highest BCUT2D eigenvalue weighted by Crippen LogP contribution is 2.30. The summed E-state index contributed by atoms with van der Waals surface area (Å²) in [5, 5.41) is 6.46. The standard InChI is InChI=1S/C24H21FN4O2S/c1-31-20-10-4-16(5-11-20)17-12-13-28(15-17)24(30)22-26-23(21-3-2-14-32-21)29(27-22)19-8-6-18(25)7-9-19/h2-11,14,17H,12-13,15H2,1H3. The van der Waals surface area contributed by atoms with Gasteiger partial charge in [-0.25, -0.2) is 14.1 Å². The van der Waals surface area contributed by atoms with Crippen LogP contribution in [0.5, 0.6) is 5.75 Å². The number of carbonyl (C=O) groups excluding carboxylic acids is 1. The van der Waals surface area contributed by atoms with Gasteiger partial charge < -0.3 is 9.64 Å². The van der Waals surface area contributed by atoms with E-state index in [-0.39, 0.29) is 23.5 Å². The Morgan fingerprint density at radius 1 is 1.12 bits per heavy atom. The minimum absolute atomic E-state index is 0.146. The highest BCUT2D eigenvalue weighted by Gasteiger charge is 2.31. The Labute approximate surface area is 188 Å². The van der Waals surface area contributed by atoms with Gasteiger partial charge in [-0.05, 0) is 59.8 Å². The van der Waals surface area contributed by atoms with E-state index in [1.54, 1.807) is 28.8 Å². The number of hydrogen-bond acceptors (Lipinski definition) is 5. The number of likely N-dealkylation sites (tertiary alicyclic amines) is 1. The Morgan fingerprint density at radius 2 is 1.91 bits per heavy atom. The summed E-state index contributed by atoms with van der Waals surface area (Å²) >= 11 is 1.51. The summed E-state index contributed by atoms with van der Waals surface area (Å²) in [6, 6.07) is 17.8. The zero-order chi connectivity index (χ0) is 22.1. The monoisotopic (exact) mass is 448 g/mol. The van der Waals surface area contributed by atoms with E-state index in [9.17, 15) is 9.18 Å². The van der Waals surface area contributed by atoms with Crippen LogP contribution in [0.25, 0.3) is 16.4 Å². The SMILES string of the molecule is COc1ccc(C2CCN(C(=O)c3nc(-c4cccs4)n(-c4ccc(F)cc4)n3)C2)cc1. The topological polar surface area (TPSA) is 60.2 Å². The number of benzene rings is 2. The third kappa shape index (κ3) is 3.89. The van der Waals surface area contributed by atoms with Gasteiger partial charge in [0, 0.05) is 19.0 Å². The summed E-state index contributed by atoms with van der Waals surface area (Å²) in [6.07, 6.45) is 0.883. The van der Waals surface area contributed by atoms with E-state index in [2.05, 4.69) is 10.1 Å². The van der Waals surface area contributed by atoms with Crippen molar-refractivity contribution in [1.29, 1.82) is 0 Å². The second-order valence-corrected chi connectivity index (χ2v) is 8.58. The molecule has 1 saturated heterocycles. The summed E-state index contributed by atoms with van der Waals surface area (Å²) < 4.78 is 20.3. The van der Waals surface area contributed by atoms with Gasteiger partial charge in [0.05, 0.1) is 17.7 Å². The van der Waals surface area contributed by atoms with Gasteiger partial charge in [-0.15, -0.1) is 16.4 Å². The predicted octanol–water partition coefficient (Wildman–Crippen LogP) is 4.77. The molecule has 8 heteroatoms. The first-order valence-corrected chi connectivity index (χ1v) is 11.2. The Morgan fingerprint density at radius 3 is 2.59 bits per heavy atom. The van der Waals surface area contributed by atoms with Gasteiger partial charge in [0.1, 0.15) is 11.6 Å². The van der Waals surface area contributed by atoms with Crippen molar-refractivity contribution in [1.82, 2.24) is 19.7 Å². The summed E-state index contributed by atoms with van der Waals surface area (Å²) in [7, 11) is 1.65. The molecule has 3 heterocycles. The van der Waals surface area contributed by atoms with Gasteiger partial charge in [0.2, 0.25) is 5.82 Å². The minimum Gasteiger partial charge on any atom is -0.497 e. The number of methoxy groups -OCH3 is 1. The highest BCUT2D eigenvalue weighted by molar-refractivity contribution is 7.13. The van der Waals surface area contributed by atoms with E-state index in [1.165, 1.54) is 29.0 Å². The number of nitrogens with zero attached hydrogens (tertiary/aromatic N) is 4. The first kappa shape index (κ1) is 20.4. The average molecular weight is 449 g/mol. The van der Waals surface area contributed by atoms with Crippen molar-refractivity contribution in [3.8, 4) is 22.1 Å². The Kier molecular flexibility index (Phi) is 5.45. The van der Waals surface area contributed by atoms with E-state index in [4.69, 9.17) is 4.74 Å². The molecule has 0 N–H and O–H groups in total. The Balaban J connectivity index is 1.41. The van der Waals surface area contributed by atoms with Crippen molar-refractivity contribution < 1.29 is 13.9 Å². The van der Waals surface area contributed by atoms with Crippen molar-refractivity contribution in [2.24, 2.45) is 0 Å². The number of thiophene rings is 1. The van der Waals surface area contributed by atoms with Crippen LogP contribution in [0.4, 0.5) is 4.39 Å². The quantitative estimate of drug-likeness (QED) is 0.441. The van der Waals surface area contributed by atoms with Crippen LogP contribution < -0.4 is 4.74 Å². The molecule has 1 aliphatic rings. The molecule has 4 aromatic rings. The van der Waals surface area contributed by atoms with Gasteiger partial charge in [-0.3, -0.25) is 4.79 Å². The molecule has 6 nitrogen and oxygen atoms in total. The molecule has 0 radical (unpaired) electrons. The van der Waals surface area contributed by atoms with Crippen molar-refractivity contribution in [3.63, 3.8) is 0 Å². The van der Waals surface area contributed by atoms with E-state index in [1.807, 2.05) is 41.8 Å². The molecule has 0 aliphatic carbocycles. The number of aromatic nitrogens is 3. The van der Waals surface area contributed by atoms with Crippen molar-refractivity contribution in [2.45, 2.75) is 12.3 Å². The molecule has 2 aromatic carbocycles. The maximum Gasteiger partial charge on any atom is 0.293 e. The molecule has 0 saturated carbocycles. The molecule has 5 rings (SSSR count). The second-order valence-electron chi connectivity index (χ2n) is 7.63. The second kappa shape index (κ2) is 8.55. The number of ether oxygens (including phenoxy) is 1. The molecule has 1 amide bonds. The number of halogens is 1. The van der Waals surface area contributed by atoms with Crippen LogP contribution in [-0.2, 0) is 0 Å². The van der Waals surface area contributed by atoms with Crippen LogP contribution in [0.15, 0.2) is 66.0 Å². The fraction of sp³-hybridized carbons (Fsp3) is 0.208. The van der Waals surface area contributed by atoms with Crippen molar-refractivity contribution >= 4 is 17.2 Å². The molecule has 0 spiro atoms. The number of hydrogen-bond donors (Lipinski definition) is 0. The predicted molar refractivity (Wildman–Crippen MR) is 121 cm³/mol. The third-order valence-corrected chi connectivity index (χ3v) is 6.54.